The number of carbonyl (C=O) groups excluding carboxylic acids is 1. The Bertz CT molecular complexity index is 378. The van der Waals surface area contributed by atoms with Crippen LogP contribution in [0.3, 0.4) is 0 Å². The molecule has 1 aliphatic carbocycles. The Morgan fingerprint density at radius 3 is 2.80 bits per heavy atom. The highest BCUT2D eigenvalue weighted by atomic mass is 16.5. The van der Waals surface area contributed by atoms with Crippen molar-refractivity contribution in [3.05, 3.63) is 29.3 Å². The van der Waals surface area contributed by atoms with Gasteiger partial charge in [-0.15, -0.1) is 0 Å². The molecule has 0 saturated heterocycles. The highest BCUT2D eigenvalue weighted by molar-refractivity contribution is 5.99. The summed E-state index contributed by atoms with van der Waals surface area (Å²) in [7, 11) is 1.61. The van der Waals surface area contributed by atoms with Crippen molar-refractivity contribution in [2.75, 3.05) is 7.11 Å². The molecule has 2 nitrogen and oxygen atoms in total. The lowest BCUT2D eigenvalue weighted by Gasteiger charge is -2.08. The minimum atomic E-state index is 0.217. The summed E-state index contributed by atoms with van der Waals surface area (Å²) < 4.78 is 5.23. The molecular weight excluding hydrogens is 188 g/mol. The van der Waals surface area contributed by atoms with Gasteiger partial charge >= 0.3 is 0 Å². The third-order valence-electron chi connectivity index (χ3n) is 2.83. The molecule has 0 radical (unpaired) electrons. The van der Waals surface area contributed by atoms with Crippen LogP contribution in [0.25, 0.3) is 0 Å². The van der Waals surface area contributed by atoms with Gasteiger partial charge in [-0.25, -0.2) is 0 Å². The van der Waals surface area contributed by atoms with Gasteiger partial charge in [0, 0.05) is 6.42 Å². The second kappa shape index (κ2) is 4.05. The Morgan fingerprint density at radius 1 is 1.47 bits per heavy atom. The van der Waals surface area contributed by atoms with Crippen LogP contribution in [0.15, 0.2) is 18.2 Å². The van der Waals surface area contributed by atoms with Gasteiger partial charge in [-0.1, -0.05) is 6.07 Å². The van der Waals surface area contributed by atoms with Gasteiger partial charge < -0.3 is 4.74 Å². The van der Waals surface area contributed by atoms with Crippen LogP contribution in [0.2, 0.25) is 0 Å². The molecule has 0 aromatic heterocycles. The minimum Gasteiger partial charge on any atom is -0.496 e. The summed E-state index contributed by atoms with van der Waals surface area (Å²) in [5.74, 6) is 1.55. The van der Waals surface area contributed by atoms with E-state index in [1.165, 1.54) is 12.8 Å². The minimum absolute atomic E-state index is 0.217. The molecule has 15 heavy (non-hydrogen) atoms. The van der Waals surface area contributed by atoms with Crippen LogP contribution in [0, 0.1) is 12.8 Å². The summed E-state index contributed by atoms with van der Waals surface area (Å²) in [5.41, 5.74) is 1.85. The molecule has 80 valence electrons. The predicted octanol–water partition coefficient (Wildman–Crippen LogP) is 2.99. The number of hydrogen-bond acceptors (Lipinski definition) is 2. The molecule has 0 bridgehead atoms. The Balaban J connectivity index is 2.21. The van der Waals surface area contributed by atoms with Crippen LogP contribution in [0.1, 0.15) is 35.2 Å². The molecule has 0 unspecified atom stereocenters. The van der Waals surface area contributed by atoms with Crippen molar-refractivity contribution in [3.8, 4) is 5.75 Å². The van der Waals surface area contributed by atoms with E-state index in [0.29, 0.717) is 18.1 Å². The molecule has 1 aromatic carbocycles. The predicted molar refractivity (Wildman–Crippen MR) is 59.4 cm³/mol. The van der Waals surface area contributed by atoms with Crippen LogP contribution in [-0.2, 0) is 0 Å². The lowest BCUT2D eigenvalue weighted by molar-refractivity contribution is 0.0973. The molecule has 0 amide bonds. The number of hydrogen-bond donors (Lipinski definition) is 0. The van der Waals surface area contributed by atoms with E-state index in [9.17, 15) is 4.79 Å². The van der Waals surface area contributed by atoms with Crippen molar-refractivity contribution in [3.63, 3.8) is 0 Å². The maximum atomic E-state index is 11.9. The molecule has 0 atom stereocenters. The number of methoxy groups -OCH3 is 1. The quantitative estimate of drug-likeness (QED) is 0.705. The van der Waals surface area contributed by atoms with E-state index in [2.05, 4.69) is 0 Å². The van der Waals surface area contributed by atoms with Gasteiger partial charge in [-0.05, 0) is 43.4 Å². The lowest BCUT2D eigenvalue weighted by atomic mass is 10.0. The first kappa shape index (κ1) is 10.2. The van der Waals surface area contributed by atoms with Crippen LogP contribution in [0.4, 0.5) is 0 Å². The van der Waals surface area contributed by atoms with Gasteiger partial charge in [0.2, 0.25) is 0 Å². The Hall–Kier alpha value is -1.31. The molecule has 1 fully saturated rings. The monoisotopic (exact) mass is 204 g/mol. The largest absolute Gasteiger partial charge is 0.496 e. The van der Waals surface area contributed by atoms with Crippen molar-refractivity contribution in [1.82, 2.24) is 0 Å². The lowest BCUT2D eigenvalue weighted by Crippen LogP contribution is -2.03. The fourth-order valence-electron chi connectivity index (χ4n) is 1.72. The van der Waals surface area contributed by atoms with Crippen LogP contribution in [-0.4, -0.2) is 12.9 Å². The Labute approximate surface area is 90.3 Å². The Morgan fingerprint density at radius 2 is 2.20 bits per heavy atom. The van der Waals surface area contributed by atoms with E-state index < -0.39 is 0 Å². The normalized spacial score (nSPS) is 15.1. The summed E-state index contributed by atoms with van der Waals surface area (Å²) >= 11 is 0. The van der Waals surface area contributed by atoms with Crippen molar-refractivity contribution < 1.29 is 9.53 Å². The van der Waals surface area contributed by atoms with Crippen molar-refractivity contribution in [2.45, 2.75) is 26.2 Å². The average Bonchev–Trinajstić information content (AvgIpc) is 3.01. The smallest absolute Gasteiger partial charge is 0.166 e. The highest BCUT2D eigenvalue weighted by Crippen LogP contribution is 2.34. The number of ether oxygens (including phenoxy) is 1. The molecule has 0 heterocycles. The van der Waals surface area contributed by atoms with Gasteiger partial charge in [0.15, 0.2) is 5.78 Å². The summed E-state index contributed by atoms with van der Waals surface area (Å²) in [6.07, 6.45) is 3.10. The molecule has 2 heteroatoms. The van der Waals surface area contributed by atoms with Crippen LogP contribution < -0.4 is 4.74 Å². The molecule has 1 aromatic rings. The summed E-state index contributed by atoms with van der Waals surface area (Å²) in [5, 5.41) is 0. The van der Waals surface area contributed by atoms with Gasteiger partial charge in [0.1, 0.15) is 5.75 Å². The van der Waals surface area contributed by atoms with E-state index in [1.807, 2.05) is 25.1 Å². The number of benzene rings is 1. The SMILES string of the molecule is COc1cc(C)ccc1C(=O)CC1CC1. The first-order valence-electron chi connectivity index (χ1n) is 5.38. The van der Waals surface area contributed by atoms with Gasteiger partial charge in [0.05, 0.1) is 12.7 Å². The first-order valence-corrected chi connectivity index (χ1v) is 5.38. The van der Waals surface area contributed by atoms with Crippen molar-refractivity contribution in [1.29, 1.82) is 0 Å². The fourth-order valence-corrected chi connectivity index (χ4v) is 1.72. The molecule has 1 saturated carbocycles. The molecule has 1 aliphatic rings. The number of carbonyl (C=O) groups is 1. The highest BCUT2D eigenvalue weighted by Gasteiger charge is 2.26. The van der Waals surface area contributed by atoms with Gasteiger partial charge in [-0.3, -0.25) is 4.79 Å². The average molecular weight is 204 g/mol. The second-order valence-corrected chi connectivity index (χ2v) is 4.27. The van der Waals surface area contributed by atoms with E-state index in [-0.39, 0.29) is 5.78 Å². The fraction of sp³-hybridized carbons (Fsp3) is 0.462. The van der Waals surface area contributed by atoms with E-state index >= 15 is 0 Å². The summed E-state index contributed by atoms with van der Waals surface area (Å²) in [6.45, 7) is 2.00. The van der Waals surface area contributed by atoms with Crippen molar-refractivity contribution in [2.24, 2.45) is 5.92 Å². The van der Waals surface area contributed by atoms with Crippen molar-refractivity contribution >= 4 is 5.78 Å². The number of Topliss-reactive ketones (excluding diaryl/α,β-unsaturated/α-hetero) is 1. The van der Waals surface area contributed by atoms with E-state index in [0.717, 1.165) is 11.1 Å². The molecule has 0 spiro atoms. The zero-order valence-electron chi connectivity index (χ0n) is 9.25. The number of rotatable bonds is 4. The maximum Gasteiger partial charge on any atom is 0.166 e. The second-order valence-electron chi connectivity index (χ2n) is 4.27. The first-order chi connectivity index (χ1) is 7.20. The van der Waals surface area contributed by atoms with Gasteiger partial charge in [0.25, 0.3) is 0 Å². The Kier molecular flexibility index (Phi) is 2.76. The zero-order valence-corrected chi connectivity index (χ0v) is 9.25. The third kappa shape index (κ3) is 2.38. The topological polar surface area (TPSA) is 26.3 Å². The van der Waals surface area contributed by atoms with Gasteiger partial charge in [-0.2, -0.15) is 0 Å². The molecular formula is C13H16O2. The van der Waals surface area contributed by atoms with Crippen LogP contribution in [0.5, 0.6) is 5.75 Å². The summed E-state index contributed by atoms with van der Waals surface area (Å²) in [4.78, 5) is 11.9. The molecule has 2 rings (SSSR count). The molecule has 0 N–H and O–H groups in total. The zero-order chi connectivity index (χ0) is 10.8. The van der Waals surface area contributed by atoms with Crippen LogP contribution >= 0.6 is 0 Å². The van der Waals surface area contributed by atoms with E-state index in [4.69, 9.17) is 4.74 Å². The number of ketones is 1. The number of aryl methyl sites for hydroxylation is 1. The molecule has 0 aliphatic heterocycles. The summed E-state index contributed by atoms with van der Waals surface area (Å²) in [6, 6.07) is 5.75. The maximum absolute atomic E-state index is 11.9. The van der Waals surface area contributed by atoms with E-state index in [1.54, 1.807) is 7.11 Å². The third-order valence-corrected chi connectivity index (χ3v) is 2.83. The standard InChI is InChI=1S/C13H16O2/c1-9-3-6-11(13(7-9)15-2)12(14)8-10-4-5-10/h3,6-7,10H,4-5,8H2,1-2H3.